The topological polar surface area (TPSA) is 98.5 Å². The lowest BCUT2D eigenvalue weighted by Gasteiger charge is -2.38. The summed E-state index contributed by atoms with van der Waals surface area (Å²) in [6.45, 7) is 1.58. The zero-order valence-electron chi connectivity index (χ0n) is 11.7. The number of benzene rings is 1. The van der Waals surface area contributed by atoms with E-state index in [-0.39, 0.29) is 17.1 Å². The third-order valence-electron chi connectivity index (χ3n) is 3.87. The number of halogens is 2. The van der Waals surface area contributed by atoms with Crippen LogP contribution in [-0.4, -0.2) is 31.4 Å². The van der Waals surface area contributed by atoms with Crippen LogP contribution in [0.25, 0.3) is 0 Å². The highest BCUT2D eigenvalue weighted by atomic mass is 32.2. The maximum absolute atomic E-state index is 14.0. The fraction of sp³-hybridized carbons (Fsp3) is 0.462. The molecule has 0 spiro atoms. The summed E-state index contributed by atoms with van der Waals surface area (Å²) in [7, 11) is -3.81. The first-order valence-corrected chi connectivity index (χ1v) is 7.90. The Kier molecular flexibility index (Phi) is 3.48. The summed E-state index contributed by atoms with van der Waals surface area (Å²) in [6, 6.07) is 3.55. The van der Waals surface area contributed by atoms with Gasteiger partial charge in [-0.15, -0.1) is 0 Å². The Balaban J connectivity index is 2.75. The first-order valence-electron chi connectivity index (χ1n) is 6.25. The number of anilines is 1. The lowest BCUT2D eigenvalue weighted by atomic mass is 9.92. The van der Waals surface area contributed by atoms with Crippen LogP contribution < -0.4 is 11.5 Å². The van der Waals surface area contributed by atoms with Crippen molar-refractivity contribution < 1.29 is 17.2 Å². The van der Waals surface area contributed by atoms with Crippen molar-refractivity contribution >= 4 is 21.4 Å². The van der Waals surface area contributed by atoms with Crippen molar-refractivity contribution in [1.29, 1.82) is 0 Å². The standard InChI is InChI=1S/C13H17F2N3O2S/c1-12(2)11(17)18-13(6-14,7-21(12,19)20)9-5-8(16)3-4-10(9)15/h3-5H,6-7,16H2,1-2H3,(H2,17,18)/t13-/m0/s1. The van der Waals surface area contributed by atoms with Gasteiger partial charge in [-0.3, -0.25) is 4.99 Å². The third kappa shape index (κ3) is 2.27. The predicted molar refractivity (Wildman–Crippen MR) is 78.0 cm³/mol. The molecule has 4 N–H and O–H groups in total. The fourth-order valence-electron chi connectivity index (χ4n) is 2.23. The molecule has 1 aliphatic rings. The SMILES string of the molecule is CC1(C)C(N)=N[C@](CF)(c2cc(N)ccc2F)CS1(=O)=O. The molecule has 2 rings (SSSR count). The zero-order valence-corrected chi connectivity index (χ0v) is 12.5. The van der Waals surface area contributed by atoms with Gasteiger partial charge in [0, 0.05) is 11.3 Å². The normalized spacial score (nSPS) is 27.1. The van der Waals surface area contributed by atoms with E-state index in [9.17, 15) is 17.2 Å². The Labute approximate surface area is 122 Å². The molecule has 0 saturated carbocycles. The van der Waals surface area contributed by atoms with Crippen molar-refractivity contribution in [2.45, 2.75) is 24.1 Å². The van der Waals surface area contributed by atoms with Gasteiger partial charge in [-0.1, -0.05) is 0 Å². The van der Waals surface area contributed by atoms with Crippen molar-refractivity contribution in [3.63, 3.8) is 0 Å². The van der Waals surface area contributed by atoms with Crippen molar-refractivity contribution in [2.24, 2.45) is 10.7 Å². The van der Waals surface area contributed by atoms with Crippen LogP contribution in [-0.2, 0) is 15.4 Å². The number of nitrogen functional groups attached to an aromatic ring is 1. The lowest BCUT2D eigenvalue weighted by molar-refractivity contribution is 0.324. The van der Waals surface area contributed by atoms with E-state index in [1.54, 1.807) is 0 Å². The molecule has 0 aromatic heterocycles. The zero-order chi connectivity index (χ0) is 16.1. The second kappa shape index (κ2) is 4.66. The Morgan fingerprint density at radius 3 is 2.48 bits per heavy atom. The molecule has 0 fully saturated rings. The maximum Gasteiger partial charge on any atom is 0.165 e. The van der Waals surface area contributed by atoms with Gasteiger partial charge in [0.15, 0.2) is 9.84 Å². The van der Waals surface area contributed by atoms with Gasteiger partial charge in [-0.2, -0.15) is 0 Å². The molecule has 1 aromatic carbocycles. The van der Waals surface area contributed by atoms with Crippen LogP contribution in [0.5, 0.6) is 0 Å². The van der Waals surface area contributed by atoms with Gasteiger partial charge in [-0.05, 0) is 32.0 Å². The number of hydrogen-bond acceptors (Lipinski definition) is 5. The van der Waals surface area contributed by atoms with Crippen LogP contribution in [0.1, 0.15) is 19.4 Å². The van der Waals surface area contributed by atoms with Gasteiger partial charge in [0.05, 0.1) is 5.75 Å². The predicted octanol–water partition coefficient (Wildman–Crippen LogP) is 1.14. The number of aliphatic imine (C=N–C) groups is 1. The number of nitrogens with zero attached hydrogens (tertiary/aromatic N) is 1. The van der Waals surface area contributed by atoms with Crippen LogP contribution in [0.3, 0.4) is 0 Å². The second-order valence-corrected chi connectivity index (χ2v) is 8.21. The van der Waals surface area contributed by atoms with Crippen molar-refractivity contribution in [3.8, 4) is 0 Å². The summed E-state index contributed by atoms with van der Waals surface area (Å²) in [5.74, 6) is -1.67. The number of amidine groups is 1. The van der Waals surface area contributed by atoms with Gasteiger partial charge in [0.25, 0.3) is 0 Å². The van der Waals surface area contributed by atoms with Crippen LogP contribution >= 0.6 is 0 Å². The minimum atomic E-state index is -3.81. The molecule has 0 aliphatic carbocycles. The van der Waals surface area contributed by atoms with Crippen molar-refractivity contribution in [1.82, 2.24) is 0 Å². The van der Waals surface area contributed by atoms with E-state index in [1.807, 2.05) is 0 Å². The Hall–Kier alpha value is -1.70. The van der Waals surface area contributed by atoms with E-state index in [1.165, 1.54) is 26.0 Å². The number of hydrogen-bond donors (Lipinski definition) is 2. The molecular weight excluding hydrogens is 300 g/mol. The van der Waals surface area contributed by atoms with E-state index >= 15 is 0 Å². The van der Waals surface area contributed by atoms with E-state index in [0.717, 1.165) is 6.07 Å². The molecule has 5 nitrogen and oxygen atoms in total. The molecule has 1 atom stereocenters. The van der Waals surface area contributed by atoms with Gasteiger partial charge in [0.1, 0.15) is 28.6 Å². The maximum atomic E-state index is 14.0. The summed E-state index contributed by atoms with van der Waals surface area (Å²) < 4.78 is 51.0. The van der Waals surface area contributed by atoms with Crippen molar-refractivity contribution in [3.05, 3.63) is 29.6 Å². The van der Waals surface area contributed by atoms with Crippen LogP contribution in [0, 0.1) is 5.82 Å². The van der Waals surface area contributed by atoms with E-state index in [2.05, 4.69) is 4.99 Å². The van der Waals surface area contributed by atoms with Gasteiger partial charge >= 0.3 is 0 Å². The van der Waals surface area contributed by atoms with Gasteiger partial charge in [0.2, 0.25) is 0 Å². The number of alkyl halides is 1. The molecule has 0 saturated heterocycles. The van der Waals surface area contributed by atoms with Gasteiger partial charge in [-0.25, -0.2) is 17.2 Å². The van der Waals surface area contributed by atoms with Crippen LogP contribution in [0.2, 0.25) is 0 Å². The minimum absolute atomic E-state index is 0.190. The molecule has 0 radical (unpaired) electrons. The second-order valence-electron chi connectivity index (χ2n) is 5.67. The molecule has 116 valence electrons. The lowest BCUT2D eigenvalue weighted by Crippen LogP contribution is -2.56. The fourth-order valence-corrected chi connectivity index (χ4v) is 3.88. The molecular formula is C13H17F2N3O2S. The van der Waals surface area contributed by atoms with Crippen LogP contribution in [0.15, 0.2) is 23.2 Å². The highest BCUT2D eigenvalue weighted by Crippen LogP contribution is 2.39. The molecule has 0 unspecified atom stereocenters. The molecule has 0 bridgehead atoms. The molecule has 1 heterocycles. The summed E-state index contributed by atoms with van der Waals surface area (Å²) in [5.41, 5.74) is 9.40. The molecule has 0 amide bonds. The minimum Gasteiger partial charge on any atom is -0.399 e. The first kappa shape index (κ1) is 15.7. The Morgan fingerprint density at radius 2 is 1.95 bits per heavy atom. The quantitative estimate of drug-likeness (QED) is 0.799. The number of rotatable bonds is 2. The third-order valence-corrected chi connectivity index (χ3v) is 6.49. The number of sulfone groups is 1. The average molecular weight is 317 g/mol. The molecule has 21 heavy (non-hydrogen) atoms. The highest BCUT2D eigenvalue weighted by Gasteiger charge is 2.51. The smallest absolute Gasteiger partial charge is 0.165 e. The summed E-state index contributed by atoms with van der Waals surface area (Å²) >= 11 is 0. The molecule has 8 heteroatoms. The van der Waals surface area contributed by atoms with E-state index < -0.39 is 38.4 Å². The summed E-state index contributed by atoms with van der Waals surface area (Å²) in [6.07, 6.45) is 0. The van der Waals surface area contributed by atoms with Gasteiger partial charge < -0.3 is 11.5 Å². The van der Waals surface area contributed by atoms with Crippen molar-refractivity contribution in [2.75, 3.05) is 18.2 Å². The summed E-state index contributed by atoms with van der Waals surface area (Å²) in [5, 5.41) is 0. The molecule has 1 aliphatic heterocycles. The van der Waals surface area contributed by atoms with Crippen LogP contribution in [0.4, 0.5) is 14.5 Å². The highest BCUT2D eigenvalue weighted by molar-refractivity contribution is 7.93. The Bertz CT molecular complexity index is 716. The van der Waals surface area contributed by atoms with E-state index in [4.69, 9.17) is 11.5 Å². The largest absolute Gasteiger partial charge is 0.399 e. The number of nitrogens with two attached hydrogens (primary N) is 2. The average Bonchev–Trinajstić information content (AvgIpc) is 2.38. The molecule has 1 aromatic rings. The monoisotopic (exact) mass is 317 g/mol. The Morgan fingerprint density at radius 1 is 1.33 bits per heavy atom. The van der Waals surface area contributed by atoms with E-state index in [0.29, 0.717) is 0 Å². The first-order chi connectivity index (χ1) is 9.56. The summed E-state index contributed by atoms with van der Waals surface area (Å²) in [4.78, 5) is 4.00.